The van der Waals surface area contributed by atoms with Crippen LogP contribution in [0.3, 0.4) is 0 Å². The van der Waals surface area contributed by atoms with Crippen LogP contribution in [0.15, 0.2) is 47.2 Å². The lowest BCUT2D eigenvalue weighted by Gasteiger charge is -2.07. The first-order chi connectivity index (χ1) is 8.66. The van der Waals surface area contributed by atoms with Gasteiger partial charge >= 0.3 is 0 Å². The molecule has 0 radical (unpaired) electrons. The molecule has 1 aromatic heterocycles. The third-order valence-electron chi connectivity index (χ3n) is 2.53. The lowest BCUT2D eigenvalue weighted by atomic mass is 10.2. The van der Waals surface area contributed by atoms with Crippen molar-refractivity contribution in [2.45, 2.75) is 13.5 Å². The molecule has 2 aromatic rings. The van der Waals surface area contributed by atoms with Crippen LogP contribution in [0.25, 0.3) is 0 Å². The monoisotopic (exact) mass is 304 g/mol. The van der Waals surface area contributed by atoms with Crippen molar-refractivity contribution in [2.75, 3.05) is 0 Å². The van der Waals surface area contributed by atoms with E-state index >= 15 is 0 Å². The van der Waals surface area contributed by atoms with Crippen molar-refractivity contribution >= 4 is 21.8 Å². The van der Waals surface area contributed by atoms with Gasteiger partial charge in [0.05, 0.1) is 5.56 Å². The second kappa shape index (κ2) is 5.78. The predicted molar refractivity (Wildman–Crippen MR) is 74.3 cm³/mol. The normalized spacial score (nSPS) is 10.1. The minimum atomic E-state index is -0.109. The number of aromatic nitrogens is 1. The van der Waals surface area contributed by atoms with E-state index in [1.165, 1.54) is 0 Å². The summed E-state index contributed by atoms with van der Waals surface area (Å²) in [6.45, 7) is 2.41. The van der Waals surface area contributed by atoms with Gasteiger partial charge in [0.2, 0.25) is 0 Å². The summed E-state index contributed by atoms with van der Waals surface area (Å²) in [5, 5.41) is 2.87. The summed E-state index contributed by atoms with van der Waals surface area (Å²) in [5.74, 6) is -0.109. The number of carbonyl (C=O) groups is 1. The lowest BCUT2D eigenvalue weighted by molar-refractivity contribution is 0.0950. The van der Waals surface area contributed by atoms with Crippen LogP contribution >= 0.6 is 15.9 Å². The Kier molecular flexibility index (Phi) is 4.10. The number of benzene rings is 1. The number of carbonyl (C=O) groups excluding carboxylic acids is 1. The number of halogens is 1. The standard InChI is InChI=1S/C14H13BrN2O/c1-10-6-12(8-16-7-10)14(18)17-9-11-4-2-3-5-13(11)15/h2-8H,9H2,1H3,(H,17,18). The molecular formula is C14H13BrN2O. The summed E-state index contributed by atoms with van der Waals surface area (Å²) in [6.07, 6.45) is 3.30. The van der Waals surface area contributed by atoms with Crippen molar-refractivity contribution in [3.63, 3.8) is 0 Å². The third kappa shape index (κ3) is 3.17. The SMILES string of the molecule is Cc1cncc(C(=O)NCc2ccccc2Br)c1. The smallest absolute Gasteiger partial charge is 0.253 e. The second-order valence-electron chi connectivity index (χ2n) is 4.03. The Morgan fingerprint density at radius 2 is 2.11 bits per heavy atom. The van der Waals surface area contributed by atoms with Crippen LogP contribution in [-0.2, 0) is 6.54 Å². The van der Waals surface area contributed by atoms with Crippen molar-refractivity contribution in [3.05, 3.63) is 63.9 Å². The molecule has 1 aromatic carbocycles. The summed E-state index contributed by atoms with van der Waals surface area (Å²) >= 11 is 3.45. The van der Waals surface area contributed by atoms with E-state index < -0.39 is 0 Å². The lowest BCUT2D eigenvalue weighted by Crippen LogP contribution is -2.23. The van der Waals surface area contributed by atoms with Crippen molar-refractivity contribution in [3.8, 4) is 0 Å². The van der Waals surface area contributed by atoms with E-state index in [0.29, 0.717) is 12.1 Å². The molecule has 18 heavy (non-hydrogen) atoms. The molecular weight excluding hydrogens is 292 g/mol. The van der Waals surface area contributed by atoms with Crippen molar-refractivity contribution in [1.82, 2.24) is 10.3 Å². The number of amides is 1. The zero-order valence-electron chi connectivity index (χ0n) is 9.98. The molecule has 0 aliphatic heterocycles. The molecule has 0 aliphatic rings. The van der Waals surface area contributed by atoms with Gasteiger partial charge in [-0.05, 0) is 30.2 Å². The van der Waals surface area contributed by atoms with Crippen molar-refractivity contribution in [2.24, 2.45) is 0 Å². The molecule has 0 saturated heterocycles. The molecule has 2 rings (SSSR count). The third-order valence-corrected chi connectivity index (χ3v) is 3.31. The number of aryl methyl sites for hydroxylation is 1. The van der Waals surface area contributed by atoms with E-state index in [-0.39, 0.29) is 5.91 Å². The summed E-state index contributed by atoms with van der Waals surface area (Å²) in [4.78, 5) is 15.9. The summed E-state index contributed by atoms with van der Waals surface area (Å²) in [5.41, 5.74) is 2.61. The van der Waals surface area contributed by atoms with Gasteiger partial charge in [-0.15, -0.1) is 0 Å². The average molecular weight is 305 g/mol. The van der Waals surface area contributed by atoms with E-state index in [0.717, 1.165) is 15.6 Å². The largest absolute Gasteiger partial charge is 0.348 e. The van der Waals surface area contributed by atoms with E-state index in [9.17, 15) is 4.79 Å². The number of hydrogen-bond acceptors (Lipinski definition) is 2. The zero-order chi connectivity index (χ0) is 13.0. The van der Waals surface area contributed by atoms with Crippen LogP contribution in [0.5, 0.6) is 0 Å². The second-order valence-corrected chi connectivity index (χ2v) is 4.88. The fourth-order valence-corrected chi connectivity index (χ4v) is 2.02. The summed E-state index contributed by atoms with van der Waals surface area (Å²) in [6, 6.07) is 9.64. The first kappa shape index (κ1) is 12.8. The van der Waals surface area contributed by atoms with Gasteiger partial charge in [-0.3, -0.25) is 9.78 Å². The molecule has 0 saturated carbocycles. The number of pyridine rings is 1. The Hall–Kier alpha value is -1.68. The van der Waals surface area contributed by atoms with E-state index in [1.807, 2.05) is 37.3 Å². The molecule has 0 aliphatic carbocycles. The van der Waals surface area contributed by atoms with E-state index in [1.54, 1.807) is 12.4 Å². The maximum absolute atomic E-state index is 11.9. The Morgan fingerprint density at radius 3 is 2.83 bits per heavy atom. The van der Waals surface area contributed by atoms with E-state index in [2.05, 4.69) is 26.2 Å². The highest BCUT2D eigenvalue weighted by molar-refractivity contribution is 9.10. The Balaban J connectivity index is 2.03. The molecule has 0 atom stereocenters. The van der Waals surface area contributed by atoms with Crippen molar-refractivity contribution in [1.29, 1.82) is 0 Å². The number of nitrogens with zero attached hydrogens (tertiary/aromatic N) is 1. The zero-order valence-corrected chi connectivity index (χ0v) is 11.6. The first-order valence-corrected chi connectivity index (χ1v) is 6.39. The molecule has 0 spiro atoms. The van der Waals surface area contributed by atoms with Crippen LogP contribution in [0, 0.1) is 6.92 Å². The van der Waals surface area contributed by atoms with Gasteiger partial charge < -0.3 is 5.32 Å². The van der Waals surface area contributed by atoms with Gasteiger partial charge in [0.1, 0.15) is 0 Å². The Bertz CT molecular complexity index is 569. The van der Waals surface area contributed by atoms with Gasteiger partial charge in [-0.25, -0.2) is 0 Å². The minimum absolute atomic E-state index is 0.109. The van der Waals surface area contributed by atoms with Crippen molar-refractivity contribution < 1.29 is 4.79 Å². The van der Waals surface area contributed by atoms with Gasteiger partial charge in [0.15, 0.2) is 0 Å². The molecule has 1 heterocycles. The molecule has 4 heteroatoms. The minimum Gasteiger partial charge on any atom is -0.348 e. The predicted octanol–water partition coefficient (Wildman–Crippen LogP) is 3.08. The Morgan fingerprint density at radius 1 is 1.33 bits per heavy atom. The molecule has 0 bridgehead atoms. The summed E-state index contributed by atoms with van der Waals surface area (Å²) in [7, 11) is 0. The topological polar surface area (TPSA) is 42.0 Å². The van der Waals surface area contributed by atoms with Gasteiger partial charge in [0.25, 0.3) is 5.91 Å². The summed E-state index contributed by atoms with van der Waals surface area (Å²) < 4.78 is 0.993. The highest BCUT2D eigenvalue weighted by atomic mass is 79.9. The average Bonchev–Trinajstić information content (AvgIpc) is 2.37. The molecule has 0 unspecified atom stereocenters. The Labute approximate surface area is 114 Å². The van der Waals surface area contributed by atoms with Crippen LogP contribution in [0.4, 0.5) is 0 Å². The van der Waals surface area contributed by atoms with E-state index in [4.69, 9.17) is 0 Å². The highest BCUT2D eigenvalue weighted by Crippen LogP contribution is 2.15. The quantitative estimate of drug-likeness (QED) is 0.947. The molecule has 0 fully saturated rings. The number of hydrogen-bond donors (Lipinski definition) is 1. The van der Waals surface area contributed by atoms with Gasteiger partial charge in [0, 0.05) is 23.4 Å². The number of nitrogens with one attached hydrogen (secondary N) is 1. The molecule has 1 N–H and O–H groups in total. The van der Waals surface area contributed by atoms with Crippen LogP contribution in [0.1, 0.15) is 21.5 Å². The molecule has 92 valence electrons. The first-order valence-electron chi connectivity index (χ1n) is 5.60. The van der Waals surface area contributed by atoms with Gasteiger partial charge in [-0.2, -0.15) is 0 Å². The van der Waals surface area contributed by atoms with Crippen LogP contribution in [-0.4, -0.2) is 10.9 Å². The maximum atomic E-state index is 11.9. The van der Waals surface area contributed by atoms with Gasteiger partial charge in [-0.1, -0.05) is 34.1 Å². The highest BCUT2D eigenvalue weighted by Gasteiger charge is 2.06. The fraction of sp³-hybridized carbons (Fsp3) is 0.143. The fourth-order valence-electron chi connectivity index (χ4n) is 1.60. The van der Waals surface area contributed by atoms with Crippen LogP contribution < -0.4 is 5.32 Å². The number of rotatable bonds is 3. The molecule has 1 amide bonds. The molecule has 3 nitrogen and oxygen atoms in total. The van der Waals surface area contributed by atoms with Crippen LogP contribution in [0.2, 0.25) is 0 Å². The maximum Gasteiger partial charge on any atom is 0.253 e.